The van der Waals surface area contributed by atoms with Crippen LogP contribution in [0.3, 0.4) is 0 Å². The van der Waals surface area contributed by atoms with E-state index in [1.165, 1.54) is 22.2 Å². The number of likely N-dealkylation sites (N-methyl/N-ethyl adjacent to an activating group) is 1. The first-order valence-electron chi connectivity index (χ1n) is 8.90. The molecule has 1 N–H and O–H groups in total. The number of aliphatic hydroxyl groups excluding tert-OH is 1. The predicted molar refractivity (Wildman–Crippen MR) is 101 cm³/mol. The molecule has 0 saturated carbocycles. The molecule has 1 aliphatic rings. The van der Waals surface area contributed by atoms with Crippen LogP contribution in [-0.4, -0.2) is 33.1 Å². The van der Waals surface area contributed by atoms with Gasteiger partial charge >= 0.3 is 0 Å². The lowest BCUT2D eigenvalue weighted by molar-refractivity contribution is 0.104. The first kappa shape index (κ1) is 16.8. The molecule has 5 nitrogen and oxygen atoms in total. The Morgan fingerprint density at radius 3 is 2.88 bits per heavy atom. The van der Waals surface area contributed by atoms with Gasteiger partial charge in [0.1, 0.15) is 18.0 Å². The van der Waals surface area contributed by atoms with Gasteiger partial charge in [-0.1, -0.05) is 17.7 Å². The van der Waals surface area contributed by atoms with E-state index in [2.05, 4.69) is 46.6 Å². The Kier molecular flexibility index (Phi) is 4.23. The van der Waals surface area contributed by atoms with E-state index in [1.54, 1.807) is 12.3 Å². The molecule has 0 fully saturated rings. The van der Waals surface area contributed by atoms with Crippen molar-refractivity contribution >= 4 is 10.9 Å². The highest BCUT2D eigenvalue weighted by Gasteiger charge is 2.25. The lowest BCUT2D eigenvalue weighted by atomic mass is 10.0. The number of benzene rings is 1. The van der Waals surface area contributed by atoms with E-state index in [-0.39, 0.29) is 0 Å². The molecule has 132 valence electrons. The fourth-order valence-electron chi connectivity index (χ4n) is 3.90. The van der Waals surface area contributed by atoms with Crippen molar-refractivity contribution in [3.05, 3.63) is 64.6 Å². The topological polar surface area (TPSA) is 65.1 Å². The summed E-state index contributed by atoms with van der Waals surface area (Å²) in [6.45, 7) is 4.01. The van der Waals surface area contributed by atoms with Gasteiger partial charge in [-0.3, -0.25) is 0 Å². The molecule has 26 heavy (non-hydrogen) atoms. The van der Waals surface area contributed by atoms with Gasteiger partial charge in [0.15, 0.2) is 0 Å². The molecule has 1 unspecified atom stereocenters. The zero-order valence-corrected chi connectivity index (χ0v) is 15.1. The quantitative estimate of drug-likeness (QED) is 0.792. The van der Waals surface area contributed by atoms with E-state index in [0.717, 1.165) is 30.6 Å². The summed E-state index contributed by atoms with van der Waals surface area (Å²) in [6.07, 6.45) is 2.43. The second-order valence-electron chi connectivity index (χ2n) is 7.15. The van der Waals surface area contributed by atoms with Crippen LogP contribution in [0.5, 0.6) is 0 Å². The summed E-state index contributed by atoms with van der Waals surface area (Å²) in [4.78, 5) is 6.44. The predicted octanol–water partition coefficient (Wildman–Crippen LogP) is 2.94. The van der Waals surface area contributed by atoms with Crippen molar-refractivity contribution in [2.75, 3.05) is 13.6 Å². The standard InChI is InChI=1S/C21H22N4O/c1-14-3-6-19-17(9-14)18-13-24(2)8-7-20(18)25(19)21(26)10-15-4-5-16(11-22)23-12-15/h3-6,9,12,21,26H,7-8,10,13H2,1-2H3. The van der Waals surface area contributed by atoms with E-state index in [1.807, 2.05) is 12.1 Å². The Hall–Kier alpha value is -2.68. The number of aliphatic hydroxyl groups is 1. The van der Waals surface area contributed by atoms with Crippen LogP contribution in [-0.2, 0) is 19.4 Å². The number of aromatic nitrogens is 2. The number of pyridine rings is 1. The van der Waals surface area contributed by atoms with Gasteiger partial charge in [-0.15, -0.1) is 0 Å². The molecule has 0 aliphatic carbocycles. The second kappa shape index (κ2) is 6.56. The minimum Gasteiger partial charge on any atom is -0.373 e. The number of fused-ring (bicyclic) bond motifs is 3. The molecule has 0 radical (unpaired) electrons. The Labute approximate surface area is 153 Å². The number of hydrogen-bond donors (Lipinski definition) is 1. The van der Waals surface area contributed by atoms with Crippen LogP contribution in [0.1, 0.15) is 34.3 Å². The monoisotopic (exact) mass is 346 g/mol. The van der Waals surface area contributed by atoms with Gasteiger partial charge in [-0.25, -0.2) is 4.98 Å². The SMILES string of the molecule is Cc1ccc2c(c1)c1c(n2C(O)Cc2ccc(C#N)nc2)CCN(C)C1. The molecule has 0 spiro atoms. The Balaban J connectivity index is 1.76. The minimum atomic E-state index is -0.651. The van der Waals surface area contributed by atoms with Crippen LogP contribution in [0, 0.1) is 18.3 Å². The van der Waals surface area contributed by atoms with Crippen molar-refractivity contribution in [2.24, 2.45) is 0 Å². The summed E-state index contributed by atoms with van der Waals surface area (Å²) in [5, 5.41) is 21.2. The van der Waals surface area contributed by atoms with Crippen LogP contribution in [0.15, 0.2) is 36.5 Å². The van der Waals surface area contributed by atoms with Crippen molar-refractivity contribution in [1.82, 2.24) is 14.5 Å². The van der Waals surface area contributed by atoms with E-state index >= 15 is 0 Å². The summed E-state index contributed by atoms with van der Waals surface area (Å²) in [6, 6.07) is 12.0. The van der Waals surface area contributed by atoms with Crippen molar-refractivity contribution < 1.29 is 5.11 Å². The summed E-state index contributed by atoms with van der Waals surface area (Å²) in [5.74, 6) is 0. The normalized spacial score (nSPS) is 15.6. The lowest BCUT2D eigenvalue weighted by Gasteiger charge is -2.26. The van der Waals surface area contributed by atoms with Crippen LogP contribution >= 0.6 is 0 Å². The molecule has 1 atom stereocenters. The average molecular weight is 346 g/mol. The molecule has 3 heterocycles. The van der Waals surface area contributed by atoms with Crippen molar-refractivity contribution in [3.8, 4) is 6.07 Å². The smallest absolute Gasteiger partial charge is 0.140 e. The molecule has 4 rings (SSSR count). The summed E-state index contributed by atoms with van der Waals surface area (Å²) in [5.41, 5.74) is 6.20. The molecule has 5 heteroatoms. The maximum atomic E-state index is 11.0. The number of rotatable bonds is 3. The fraction of sp³-hybridized carbons (Fsp3) is 0.333. The van der Waals surface area contributed by atoms with Gasteiger partial charge < -0.3 is 14.6 Å². The Morgan fingerprint density at radius 1 is 1.31 bits per heavy atom. The van der Waals surface area contributed by atoms with E-state index in [0.29, 0.717) is 12.1 Å². The van der Waals surface area contributed by atoms with E-state index in [9.17, 15) is 5.11 Å². The van der Waals surface area contributed by atoms with Crippen LogP contribution in [0.25, 0.3) is 10.9 Å². The molecule has 2 aromatic heterocycles. The third-order valence-electron chi connectivity index (χ3n) is 5.19. The van der Waals surface area contributed by atoms with Crippen molar-refractivity contribution in [2.45, 2.75) is 32.5 Å². The van der Waals surface area contributed by atoms with Crippen LogP contribution in [0.4, 0.5) is 0 Å². The Bertz CT molecular complexity index is 998. The molecule has 0 bridgehead atoms. The lowest BCUT2D eigenvalue weighted by Crippen LogP contribution is -2.28. The van der Waals surface area contributed by atoms with Gasteiger partial charge in [0.2, 0.25) is 0 Å². The summed E-state index contributed by atoms with van der Waals surface area (Å²) < 4.78 is 2.09. The largest absolute Gasteiger partial charge is 0.373 e. The highest BCUT2D eigenvalue weighted by Crippen LogP contribution is 2.34. The molecule has 1 aromatic carbocycles. The maximum absolute atomic E-state index is 11.0. The number of nitriles is 1. The number of hydrogen-bond acceptors (Lipinski definition) is 4. The zero-order valence-electron chi connectivity index (χ0n) is 15.1. The van der Waals surface area contributed by atoms with E-state index in [4.69, 9.17) is 5.26 Å². The number of aryl methyl sites for hydroxylation is 1. The summed E-state index contributed by atoms with van der Waals surface area (Å²) >= 11 is 0. The molecule has 3 aromatic rings. The minimum absolute atomic E-state index is 0.394. The molecular formula is C21H22N4O. The van der Waals surface area contributed by atoms with Gasteiger partial charge in [0, 0.05) is 43.2 Å². The fourth-order valence-corrected chi connectivity index (χ4v) is 3.90. The van der Waals surface area contributed by atoms with Crippen molar-refractivity contribution in [1.29, 1.82) is 5.26 Å². The second-order valence-corrected chi connectivity index (χ2v) is 7.15. The van der Waals surface area contributed by atoms with Crippen LogP contribution < -0.4 is 0 Å². The Morgan fingerprint density at radius 2 is 2.15 bits per heavy atom. The first-order chi connectivity index (χ1) is 12.6. The summed E-state index contributed by atoms with van der Waals surface area (Å²) in [7, 11) is 2.14. The third-order valence-corrected chi connectivity index (χ3v) is 5.19. The molecule has 1 aliphatic heterocycles. The molecule has 0 amide bonds. The first-order valence-corrected chi connectivity index (χ1v) is 8.90. The maximum Gasteiger partial charge on any atom is 0.140 e. The van der Waals surface area contributed by atoms with Gasteiger partial charge in [-0.2, -0.15) is 5.26 Å². The highest BCUT2D eigenvalue weighted by atomic mass is 16.3. The molecule has 0 saturated heterocycles. The van der Waals surface area contributed by atoms with Gasteiger partial charge in [0.25, 0.3) is 0 Å². The number of nitrogens with zero attached hydrogens (tertiary/aromatic N) is 4. The molecular weight excluding hydrogens is 324 g/mol. The van der Waals surface area contributed by atoms with Gasteiger partial charge in [0.05, 0.1) is 5.52 Å². The van der Waals surface area contributed by atoms with Crippen molar-refractivity contribution in [3.63, 3.8) is 0 Å². The third kappa shape index (κ3) is 2.88. The van der Waals surface area contributed by atoms with Gasteiger partial charge in [-0.05, 0) is 43.3 Å². The average Bonchev–Trinajstić information content (AvgIpc) is 2.95. The zero-order chi connectivity index (χ0) is 18.3. The van der Waals surface area contributed by atoms with E-state index < -0.39 is 6.23 Å². The highest BCUT2D eigenvalue weighted by molar-refractivity contribution is 5.86. The van der Waals surface area contributed by atoms with Crippen LogP contribution in [0.2, 0.25) is 0 Å².